The Balaban J connectivity index is 1.97. The van der Waals surface area contributed by atoms with Crippen LogP contribution in [-0.2, 0) is 4.79 Å². The second-order valence-electron chi connectivity index (χ2n) is 5.27. The minimum atomic E-state index is -0.559. The molecule has 0 bridgehead atoms. The summed E-state index contributed by atoms with van der Waals surface area (Å²) in [6.45, 7) is 0. The van der Waals surface area contributed by atoms with Gasteiger partial charge in [0.25, 0.3) is 0 Å². The van der Waals surface area contributed by atoms with E-state index < -0.39 is 6.04 Å². The van der Waals surface area contributed by atoms with Crippen molar-refractivity contribution in [1.82, 2.24) is 0 Å². The minimum Gasteiger partial charge on any atom is -0.493 e. The molecule has 120 valence electrons. The van der Waals surface area contributed by atoms with Crippen LogP contribution in [0, 0.1) is 0 Å². The molecule has 2 N–H and O–H groups in total. The van der Waals surface area contributed by atoms with E-state index in [1.165, 1.54) is 0 Å². The van der Waals surface area contributed by atoms with Crippen molar-refractivity contribution in [1.29, 1.82) is 0 Å². The van der Waals surface area contributed by atoms with Gasteiger partial charge in [-0.3, -0.25) is 4.79 Å². The number of carbonyl (C=O) groups is 1. The van der Waals surface area contributed by atoms with E-state index in [9.17, 15) is 4.79 Å². The van der Waals surface area contributed by atoms with Gasteiger partial charge in [-0.05, 0) is 42.0 Å². The van der Waals surface area contributed by atoms with Crippen molar-refractivity contribution in [3.63, 3.8) is 0 Å². The summed E-state index contributed by atoms with van der Waals surface area (Å²) in [6.07, 6.45) is 0. The summed E-state index contributed by atoms with van der Waals surface area (Å²) in [5.41, 5.74) is 7.78. The van der Waals surface area contributed by atoms with Crippen molar-refractivity contribution < 1.29 is 14.3 Å². The van der Waals surface area contributed by atoms with Gasteiger partial charge in [0.2, 0.25) is 5.91 Å². The minimum absolute atomic E-state index is 0.0906. The van der Waals surface area contributed by atoms with E-state index in [4.69, 9.17) is 15.2 Å². The quantitative estimate of drug-likeness (QED) is 0.833. The number of rotatable bonds is 4. The number of anilines is 1. The highest BCUT2D eigenvalue weighted by atomic mass is 79.9. The molecule has 2 atom stereocenters. The first-order valence-corrected chi connectivity index (χ1v) is 7.92. The first-order valence-electron chi connectivity index (χ1n) is 7.13. The maximum absolute atomic E-state index is 12.2. The molecule has 1 saturated heterocycles. The van der Waals surface area contributed by atoms with E-state index in [1.54, 1.807) is 19.1 Å². The number of ether oxygens (including phenoxy) is 2. The third-order valence-electron chi connectivity index (χ3n) is 3.99. The van der Waals surface area contributed by atoms with E-state index in [1.807, 2.05) is 42.5 Å². The van der Waals surface area contributed by atoms with Crippen LogP contribution in [0.4, 0.5) is 5.69 Å². The van der Waals surface area contributed by atoms with Gasteiger partial charge in [0, 0.05) is 10.2 Å². The summed E-state index contributed by atoms with van der Waals surface area (Å²) in [4.78, 5) is 13.9. The number of benzene rings is 2. The average molecular weight is 377 g/mol. The van der Waals surface area contributed by atoms with Gasteiger partial charge in [0.1, 0.15) is 6.04 Å². The molecule has 0 radical (unpaired) electrons. The van der Waals surface area contributed by atoms with Gasteiger partial charge in [-0.1, -0.05) is 22.0 Å². The van der Waals surface area contributed by atoms with Gasteiger partial charge in [-0.15, -0.1) is 0 Å². The number of halogens is 1. The molecule has 1 amide bonds. The van der Waals surface area contributed by atoms with Crippen LogP contribution in [0.2, 0.25) is 0 Å². The van der Waals surface area contributed by atoms with Gasteiger partial charge in [0.15, 0.2) is 11.5 Å². The standard InChI is InChI=1S/C17H17BrN2O3/c1-22-13-8-3-10(9-14(13)23-2)16-15(19)17(21)20(16)12-6-4-11(18)5-7-12/h3-9,15-16H,19H2,1-2H3. The molecular formula is C17H17BrN2O3. The first kappa shape index (κ1) is 15.8. The smallest absolute Gasteiger partial charge is 0.247 e. The Kier molecular flexibility index (Phi) is 4.28. The molecule has 1 aliphatic heterocycles. The molecule has 2 aromatic rings. The number of β-lactam (4-membered cyclic amide) rings is 1. The monoisotopic (exact) mass is 376 g/mol. The molecule has 1 aliphatic rings. The highest BCUT2D eigenvalue weighted by molar-refractivity contribution is 9.10. The first-order chi connectivity index (χ1) is 11.1. The highest BCUT2D eigenvalue weighted by Crippen LogP contribution is 2.41. The van der Waals surface area contributed by atoms with Crippen LogP contribution in [0.25, 0.3) is 0 Å². The Morgan fingerprint density at radius 3 is 2.30 bits per heavy atom. The largest absolute Gasteiger partial charge is 0.493 e. The van der Waals surface area contributed by atoms with Crippen LogP contribution in [0.1, 0.15) is 11.6 Å². The number of hydrogen-bond acceptors (Lipinski definition) is 4. The lowest BCUT2D eigenvalue weighted by Crippen LogP contribution is -2.63. The predicted octanol–water partition coefficient (Wildman–Crippen LogP) is 2.88. The summed E-state index contributed by atoms with van der Waals surface area (Å²) in [7, 11) is 3.17. The SMILES string of the molecule is COc1ccc(C2C(N)C(=O)N2c2ccc(Br)cc2)cc1OC. The van der Waals surface area contributed by atoms with Crippen LogP contribution in [0.15, 0.2) is 46.9 Å². The van der Waals surface area contributed by atoms with Gasteiger partial charge in [0.05, 0.1) is 20.3 Å². The fourth-order valence-corrected chi connectivity index (χ4v) is 3.06. The van der Waals surface area contributed by atoms with Crippen molar-refractivity contribution >= 4 is 27.5 Å². The molecule has 23 heavy (non-hydrogen) atoms. The van der Waals surface area contributed by atoms with Crippen LogP contribution in [0.3, 0.4) is 0 Å². The summed E-state index contributed by atoms with van der Waals surface area (Å²) >= 11 is 3.40. The fourth-order valence-electron chi connectivity index (χ4n) is 2.79. The Hall–Kier alpha value is -2.05. The molecule has 0 saturated carbocycles. The third-order valence-corrected chi connectivity index (χ3v) is 4.52. The maximum atomic E-state index is 12.2. The van der Waals surface area contributed by atoms with Crippen molar-refractivity contribution in [2.24, 2.45) is 5.73 Å². The number of methoxy groups -OCH3 is 2. The predicted molar refractivity (Wildman–Crippen MR) is 91.9 cm³/mol. The van der Waals surface area contributed by atoms with Gasteiger partial charge < -0.3 is 20.1 Å². The lowest BCUT2D eigenvalue weighted by Gasteiger charge is -2.45. The molecule has 1 heterocycles. The number of nitrogens with two attached hydrogens (primary N) is 1. The molecule has 2 aromatic carbocycles. The van der Waals surface area contributed by atoms with Gasteiger partial charge >= 0.3 is 0 Å². The molecule has 2 unspecified atom stereocenters. The second kappa shape index (κ2) is 6.22. The van der Waals surface area contributed by atoms with E-state index in [0.717, 1.165) is 15.7 Å². The van der Waals surface area contributed by atoms with Gasteiger partial charge in [-0.2, -0.15) is 0 Å². The van der Waals surface area contributed by atoms with E-state index in [2.05, 4.69) is 15.9 Å². The lowest BCUT2D eigenvalue weighted by atomic mass is 9.88. The van der Waals surface area contributed by atoms with E-state index in [0.29, 0.717) is 11.5 Å². The molecule has 3 rings (SSSR count). The highest BCUT2D eigenvalue weighted by Gasteiger charge is 2.46. The lowest BCUT2D eigenvalue weighted by molar-refractivity contribution is -0.126. The third kappa shape index (κ3) is 2.68. The van der Waals surface area contributed by atoms with Crippen LogP contribution in [-0.4, -0.2) is 26.2 Å². The number of amides is 1. The Morgan fingerprint density at radius 2 is 1.70 bits per heavy atom. The Morgan fingerprint density at radius 1 is 1.04 bits per heavy atom. The average Bonchev–Trinajstić information content (AvgIpc) is 2.59. The normalized spacial score (nSPS) is 20.2. The van der Waals surface area contributed by atoms with Crippen molar-refractivity contribution in [2.45, 2.75) is 12.1 Å². The molecule has 5 nitrogen and oxygen atoms in total. The topological polar surface area (TPSA) is 64.8 Å². The van der Waals surface area contributed by atoms with Crippen molar-refractivity contribution in [3.05, 3.63) is 52.5 Å². The van der Waals surface area contributed by atoms with Crippen LogP contribution < -0.4 is 20.1 Å². The number of carbonyl (C=O) groups excluding carboxylic acids is 1. The zero-order chi connectivity index (χ0) is 16.6. The van der Waals surface area contributed by atoms with Gasteiger partial charge in [-0.25, -0.2) is 0 Å². The summed E-state index contributed by atoms with van der Waals surface area (Å²) < 4.78 is 11.6. The fraction of sp³-hybridized carbons (Fsp3) is 0.235. The Labute approximate surface area is 143 Å². The summed E-state index contributed by atoms with van der Waals surface area (Å²) in [5.74, 6) is 1.17. The zero-order valence-electron chi connectivity index (χ0n) is 12.8. The second-order valence-corrected chi connectivity index (χ2v) is 6.19. The van der Waals surface area contributed by atoms with Crippen molar-refractivity contribution in [3.8, 4) is 11.5 Å². The van der Waals surface area contributed by atoms with Crippen LogP contribution >= 0.6 is 15.9 Å². The van der Waals surface area contributed by atoms with E-state index in [-0.39, 0.29) is 11.9 Å². The summed E-state index contributed by atoms with van der Waals surface area (Å²) in [6, 6.07) is 12.4. The number of hydrogen-bond donors (Lipinski definition) is 1. The van der Waals surface area contributed by atoms with E-state index >= 15 is 0 Å². The molecule has 0 spiro atoms. The molecular weight excluding hydrogens is 360 g/mol. The summed E-state index contributed by atoms with van der Waals surface area (Å²) in [5, 5.41) is 0. The van der Waals surface area contributed by atoms with Crippen molar-refractivity contribution in [2.75, 3.05) is 19.1 Å². The number of nitrogens with zero attached hydrogens (tertiary/aromatic N) is 1. The molecule has 6 heteroatoms. The Bertz CT molecular complexity index is 733. The molecule has 1 fully saturated rings. The molecule has 0 aliphatic carbocycles. The van der Waals surface area contributed by atoms with Crippen LogP contribution in [0.5, 0.6) is 11.5 Å². The zero-order valence-corrected chi connectivity index (χ0v) is 14.4. The molecule has 0 aromatic heterocycles. The maximum Gasteiger partial charge on any atom is 0.247 e.